The quantitative estimate of drug-likeness (QED) is 0.465. The van der Waals surface area contributed by atoms with Crippen molar-refractivity contribution in [3.8, 4) is 12.3 Å². The molecule has 1 saturated heterocycles. The summed E-state index contributed by atoms with van der Waals surface area (Å²) in [6.45, 7) is 0. The molecule has 5 atom stereocenters. The summed E-state index contributed by atoms with van der Waals surface area (Å²) in [7, 11) is 0. The van der Waals surface area contributed by atoms with Crippen LogP contribution in [0, 0.1) is 12.3 Å². The number of aliphatic hydroxyl groups excluding tert-OH is 3. The number of anilines is 1. The Morgan fingerprint density at radius 2 is 2.26 bits per heavy atom. The maximum absolute atomic E-state index is 12.0. The van der Waals surface area contributed by atoms with Crippen molar-refractivity contribution >= 4 is 16.9 Å². The van der Waals surface area contributed by atoms with Crippen LogP contribution in [0.25, 0.3) is 11.0 Å². The number of pyridine rings is 1. The van der Waals surface area contributed by atoms with Crippen LogP contribution < -0.4 is 11.2 Å². The van der Waals surface area contributed by atoms with E-state index in [0.717, 1.165) is 6.33 Å². The smallest absolute Gasteiger partial charge is 0.194 e. The number of terminal acetylenes is 1. The summed E-state index contributed by atoms with van der Waals surface area (Å²) in [4.78, 5) is 19.7. The molecule has 2 aromatic heterocycles. The average molecular weight is 319 g/mol. The normalized spacial score (nSPS) is 28.9. The molecule has 0 bridgehead atoms. The van der Waals surface area contributed by atoms with Gasteiger partial charge in [0.2, 0.25) is 0 Å². The van der Waals surface area contributed by atoms with Crippen molar-refractivity contribution in [2.45, 2.75) is 30.6 Å². The molecule has 0 saturated carbocycles. The Hall–Kier alpha value is -2.51. The van der Waals surface area contributed by atoms with Gasteiger partial charge in [0.25, 0.3) is 0 Å². The van der Waals surface area contributed by atoms with Gasteiger partial charge in [-0.05, 0) is 0 Å². The molecule has 0 aromatic carbocycles. The third-order valence-corrected chi connectivity index (χ3v) is 3.74. The van der Waals surface area contributed by atoms with E-state index >= 15 is 0 Å². The van der Waals surface area contributed by atoms with Gasteiger partial charge < -0.3 is 30.4 Å². The molecule has 0 radical (unpaired) electrons. The number of ether oxygens (including phenoxy) is 1. The minimum Gasteiger partial charge on any atom is -0.387 e. The Morgan fingerprint density at radius 1 is 1.48 bits per heavy atom. The fraction of sp³-hybridized carbons (Fsp3) is 0.357. The van der Waals surface area contributed by atoms with Gasteiger partial charge in [-0.1, -0.05) is 5.92 Å². The van der Waals surface area contributed by atoms with Crippen molar-refractivity contribution in [1.82, 2.24) is 14.5 Å². The van der Waals surface area contributed by atoms with Crippen molar-refractivity contribution in [3.05, 3.63) is 28.8 Å². The molecule has 23 heavy (non-hydrogen) atoms. The summed E-state index contributed by atoms with van der Waals surface area (Å²) in [5.74, 6) is 2.11. The number of nitrogen functional groups attached to an aromatic ring is 1. The fourth-order valence-electron chi connectivity index (χ4n) is 2.59. The fourth-order valence-corrected chi connectivity index (χ4v) is 2.59. The number of fused-ring (bicyclic) bond motifs is 1. The van der Waals surface area contributed by atoms with Gasteiger partial charge in [0, 0.05) is 12.3 Å². The number of aromatic nitrogens is 3. The zero-order chi connectivity index (χ0) is 17.4. The summed E-state index contributed by atoms with van der Waals surface area (Å²) in [6, 6.07) is 1.21. The third kappa shape index (κ3) is 2.34. The Bertz CT molecular complexity index is 892. The first-order valence-corrected chi connectivity index (χ1v) is 6.69. The van der Waals surface area contributed by atoms with Crippen LogP contribution in [0.3, 0.4) is 0 Å². The third-order valence-electron chi connectivity index (χ3n) is 3.74. The number of nitrogens with two attached hydrogens (primary N) is 1. The van der Waals surface area contributed by atoms with E-state index in [1.807, 2.05) is 0 Å². The second-order valence-corrected chi connectivity index (χ2v) is 5.11. The lowest BCUT2D eigenvalue weighted by Crippen LogP contribution is -2.37. The monoisotopic (exact) mass is 319 g/mol. The number of nitrogens with zero attached hydrogens (tertiary/aromatic N) is 3. The SMILES string of the molecule is [2H]C#CC(O)[C@H]1OC(n2ccc(=O)c3c(N)ncnc32)[C@H](O)[C@@H]1O. The highest BCUT2D eigenvalue weighted by Crippen LogP contribution is 2.32. The summed E-state index contributed by atoms with van der Waals surface area (Å²) >= 11 is 0. The topological polar surface area (TPSA) is 144 Å². The highest BCUT2D eigenvalue weighted by Gasteiger charge is 2.46. The molecule has 0 spiro atoms. The minimum absolute atomic E-state index is 0.0240. The molecule has 9 nitrogen and oxygen atoms in total. The summed E-state index contributed by atoms with van der Waals surface area (Å²) in [5, 5.41) is 30.2. The predicted octanol–water partition coefficient (Wildman–Crippen LogP) is -2.01. The molecule has 2 unspecified atom stereocenters. The molecular weight excluding hydrogens is 304 g/mol. The van der Waals surface area contributed by atoms with Crippen LogP contribution in [0.2, 0.25) is 0 Å². The van der Waals surface area contributed by atoms with Crippen LogP contribution in [0.1, 0.15) is 7.60 Å². The second kappa shape index (κ2) is 5.60. The Kier molecular flexibility index (Phi) is 3.44. The first kappa shape index (κ1) is 14.1. The number of rotatable bonds is 2. The molecule has 3 rings (SSSR count). The molecular formula is C14H14N4O5. The molecule has 9 heteroatoms. The molecule has 1 aliphatic rings. The van der Waals surface area contributed by atoms with Gasteiger partial charge >= 0.3 is 0 Å². The highest BCUT2D eigenvalue weighted by atomic mass is 16.6. The van der Waals surface area contributed by atoms with Crippen molar-refractivity contribution < 1.29 is 21.4 Å². The lowest BCUT2D eigenvalue weighted by molar-refractivity contribution is -0.0673. The molecule has 0 aliphatic carbocycles. The van der Waals surface area contributed by atoms with E-state index in [1.165, 1.54) is 16.8 Å². The summed E-state index contributed by atoms with van der Waals surface area (Å²) < 4.78 is 13.6. The Morgan fingerprint density at radius 3 is 3.00 bits per heavy atom. The van der Waals surface area contributed by atoms with E-state index in [0.29, 0.717) is 0 Å². The van der Waals surface area contributed by atoms with Crippen LogP contribution in [0.15, 0.2) is 23.4 Å². The minimum atomic E-state index is -1.46. The van der Waals surface area contributed by atoms with Gasteiger partial charge in [-0.3, -0.25) is 4.79 Å². The maximum Gasteiger partial charge on any atom is 0.194 e. The van der Waals surface area contributed by atoms with Crippen molar-refractivity contribution in [2.24, 2.45) is 0 Å². The Balaban J connectivity index is 2.08. The van der Waals surface area contributed by atoms with E-state index in [4.69, 9.17) is 11.8 Å². The summed E-state index contributed by atoms with van der Waals surface area (Å²) in [6.07, 6.45) is -2.42. The first-order valence-electron chi connectivity index (χ1n) is 7.19. The van der Waals surface area contributed by atoms with Gasteiger partial charge in [0.1, 0.15) is 43.3 Å². The van der Waals surface area contributed by atoms with Gasteiger partial charge in [0.15, 0.2) is 17.3 Å². The number of hydrogen-bond acceptors (Lipinski definition) is 8. The van der Waals surface area contributed by atoms with Gasteiger partial charge in [-0.2, -0.15) is 0 Å². The standard InChI is InChI=1S/C14H14N4O5/c1-2-6(19)11-9(21)10(22)14(23-11)18-4-3-7(20)8-12(15)16-5-17-13(8)18/h1,3-6,9-11,14,19,21-22H,(H2,15,16,17)/t6?,9-,10+,11+,14?/m0/s1/i1D. The van der Waals surface area contributed by atoms with E-state index in [1.54, 1.807) is 6.40 Å². The van der Waals surface area contributed by atoms with Gasteiger partial charge in [0.05, 0.1) is 0 Å². The van der Waals surface area contributed by atoms with Gasteiger partial charge in [-0.25, -0.2) is 9.97 Å². The van der Waals surface area contributed by atoms with Crippen LogP contribution >= 0.6 is 0 Å². The molecule has 120 valence electrons. The zero-order valence-electron chi connectivity index (χ0n) is 12.7. The first-order chi connectivity index (χ1) is 11.5. The van der Waals surface area contributed by atoms with Crippen LogP contribution in [-0.2, 0) is 4.74 Å². The second-order valence-electron chi connectivity index (χ2n) is 5.11. The van der Waals surface area contributed by atoms with E-state index in [9.17, 15) is 20.1 Å². The highest BCUT2D eigenvalue weighted by molar-refractivity contribution is 5.84. The van der Waals surface area contributed by atoms with E-state index < -0.39 is 36.1 Å². The molecule has 0 amide bonds. The van der Waals surface area contributed by atoms with Crippen molar-refractivity contribution in [1.29, 1.82) is 0 Å². The Labute approximate surface area is 131 Å². The largest absolute Gasteiger partial charge is 0.387 e. The predicted molar refractivity (Wildman–Crippen MR) is 79.0 cm³/mol. The van der Waals surface area contributed by atoms with Gasteiger partial charge in [-0.15, -0.1) is 6.40 Å². The van der Waals surface area contributed by atoms with Crippen molar-refractivity contribution in [3.63, 3.8) is 0 Å². The molecule has 1 fully saturated rings. The van der Waals surface area contributed by atoms with Crippen LogP contribution in [-0.4, -0.2) is 54.3 Å². The van der Waals surface area contributed by atoms with Crippen molar-refractivity contribution in [2.75, 3.05) is 5.73 Å². The lowest BCUT2D eigenvalue weighted by Gasteiger charge is -2.20. The van der Waals surface area contributed by atoms with Crippen LogP contribution in [0.5, 0.6) is 0 Å². The number of aliphatic hydroxyl groups is 3. The maximum atomic E-state index is 12.0. The zero-order valence-corrected chi connectivity index (χ0v) is 11.7. The molecule has 2 aromatic rings. The molecule has 5 N–H and O–H groups in total. The number of hydrogen-bond donors (Lipinski definition) is 4. The average Bonchev–Trinajstić information content (AvgIpc) is 2.84. The van der Waals surface area contributed by atoms with E-state index in [2.05, 4.69) is 15.9 Å². The molecule has 1 aliphatic heterocycles. The lowest BCUT2D eigenvalue weighted by atomic mass is 10.1. The molecule has 3 heterocycles. The van der Waals surface area contributed by atoms with Crippen LogP contribution in [0.4, 0.5) is 5.82 Å². The summed E-state index contributed by atoms with van der Waals surface area (Å²) in [5.41, 5.74) is 5.42. The van der Waals surface area contributed by atoms with E-state index in [-0.39, 0.29) is 16.9 Å².